The Morgan fingerprint density at radius 1 is 0.545 bits per heavy atom. The third kappa shape index (κ3) is 13.6. The molecule has 0 spiro atoms. The largest absolute Gasteiger partial charge is 0.296 e. The van der Waals surface area contributed by atoms with Gasteiger partial charge in [0.15, 0.2) is 0 Å². The van der Waals surface area contributed by atoms with E-state index in [4.69, 9.17) is 0 Å². The molecule has 1 rings (SSSR count). The van der Waals surface area contributed by atoms with Gasteiger partial charge in [0, 0.05) is 11.1 Å². The van der Waals surface area contributed by atoms with E-state index in [1.807, 2.05) is 0 Å². The van der Waals surface area contributed by atoms with Crippen LogP contribution >= 0.6 is 0 Å². The fraction of sp³-hybridized carbons (Fsp3) is 1.00. The Morgan fingerprint density at radius 3 is 1.24 bits per heavy atom. The van der Waals surface area contributed by atoms with E-state index in [-0.39, 0.29) is 0 Å². The van der Waals surface area contributed by atoms with Crippen LogP contribution in [0.4, 0.5) is 0 Å². The Labute approximate surface area is 211 Å². The van der Waals surface area contributed by atoms with Crippen molar-refractivity contribution in [3.63, 3.8) is 0 Å². The van der Waals surface area contributed by atoms with Crippen LogP contribution in [-0.4, -0.2) is 23.0 Å². The van der Waals surface area contributed by atoms with Crippen molar-refractivity contribution in [1.82, 2.24) is 4.90 Å². The first kappa shape index (κ1) is 31.0. The minimum Gasteiger partial charge on any atom is -0.296 e. The van der Waals surface area contributed by atoms with Gasteiger partial charge in [0.05, 0.1) is 0 Å². The summed E-state index contributed by atoms with van der Waals surface area (Å²) < 4.78 is 0. The fourth-order valence-electron chi connectivity index (χ4n) is 6.25. The third-order valence-corrected chi connectivity index (χ3v) is 9.28. The highest BCUT2D eigenvalue weighted by molar-refractivity contribution is 4.99. The number of likely N-dealkylation sites (tertiary alicyclic amines) is 1. The van der Waals surface area contributed by atoms with Crippen molar-refractivity contribution in [2.24, 2.45) is 5.92 Å². The maximum absolute atomic E-state index is 2.66. The summed E-state index contributed by atoms with van der Waals surface area (Å²) in [5.74, 6) is 0.881. The van der Waals surface area contributed by atoms with Crippen molar-refractivity contribution < 1.29 is 0 Å². The number of rotatable bonds is 21. The summed E-state index contributed by atoms with van der Waals surface area (Å²) in [6.45, 7) is 12.1. The van der Waals surface area contributed by atoms with Gasteiger partial charge in [-0.25, -0.2) is 0 Å². The van der Waals surface area contributed by atoms with Crippen molar-refractivity contribution in [3.8, 4) is 0 Å². The molecule has 1 heteroatoms. The Hall–Kier alpha value is -0.0400. The molecule has 1 heterocycles. The van der Waals surface area contributed by atoms with Gasteiger partial charge in [-0.1, -0.05) is 135 Å². The molecule has 1 atom stereocenters. The van der Waals surface area contributed by atoms with Crippen LogP contribution in [0.5, 0.6) is 0 Å². The fourth-order valence-corrected chi connectivity index (χ4v) is 6.25. The number of hydrogen-bond donors (Lipinski definition) is 0. The Kier molecular flexibility index (Phi) is 17.1. The van der Waals surface area contributed by atoms with Crippen LogP contribution in [-0.2, 0) is 0 Å². The first-order valence-electron chi connectivity index (χ1n) is 15.6. The summed E-state index contributed by atoms with van der Waals surface area (Å²) in [5.41, 5.74) is 0.725. The first-order chi connectivity index (χ1) is 15.8. The lowest BCUT2D eigenvalue weighted by Crippen LogP contribution is -2.60. The highest BCUT2D eigenvalue weighted by Gasteiger charge is 2.44. The topological polar surface area (TPSA) is 3.24 Å². The van der Waals surface area contributed by atoms with E-state index in [1.165, 1.54) is 148 Å². The lowest BCUT2D eigenvalue weighted by Gasteiger charge is -2.55. The molecular weight excluding hydrogens is 398 g/mol. The molecule has 1 aliphatic heterocycles. The Bertz CT molecular complexity index is 438. The second-order valence-corrected chi connectivity index (χ2v) is 12.8. The second kappa shape index (κ2) is 18.3. The molecule has 1 nitrogen and oxygen atoms in total. The van der Waals surface area contributed by atoms with Gasteiger partial charge in [-0.05, 0) is 59.9 Å². The molecule has 0 N–H and O–H groups in total. The number of unbranched alkanes of at least 4 members (excludes halogenated alkanes) is 19. The van der Waals surface area contributed by atoms with Gasteiger partial charge >= 0.3 is 0 Å². The van der Waals surface area contributed by atoms with E-state index in [1.54, 1.807) is 0 Å². The van der Waals surface area contributed by atoms with E-state index in [0.29, 0.717) is 11.1 Å². The third-order valence-electron chi connectivity index (χ3n) is 9.28. The second-order valence-electron chi connectivity index (χ2n) is 12.8. The summed E-state index contributed by atoms with van der Waals surface area (Å²) in [6, 6.07) is 0. The van der Waals surface area contributed by atoms with E-state index in [9.17, 15) is 0 Å². The SMILES string of the molecule is CCCCCCCCCCCCCCCCCCCCCCC1CCC(C)(C)N(C)C1(C)C. The molecule has 33 heavy (non-hydrogen) atoms. The molecule has 0 radical (unpaired) electrons. The molecule has 0 aromatic carbocycles. The lowest BCUT2D eigenvalue weighted by molar-refractivity contribution is -0.0475. The average Bonchev–Trinajstić information content (AvgIpc) is 2.78. The van der Waals surface area contributed by atoms with Crippen LogP contribution in [0.1, 0.15) is 182 Å². The predicted molar refractivity (Wildman–Crippen MR) is 151 cm³/mol. The van der Waals surface area contributed by atoms with Crippen molar-refractivity contribution in [2.75, 3.05) is 7.05 Å². The van der Waals surface area contributed by atoms with Crippen molar-refractivity contribution >= 4 is 0 Å². The molecule has 1 saturated heterocycles. The number of hydrogen-bond acceptors (Lipinski definition) is 1. The zero-order valence-electron chi connectivity index (χ0n) is 24.3. The normalized spacial score (nSPS) is 20.4. The van der Waals surface area contributed by atoms with E-state index >= 15 is 0 Å². The summed E-state index contributed by atoms with van der Waals surface area (Å²) in [7, 11) is 2.35. The van der Waals surface area contributed by atoms with Crippen LogP contribution in [0, 0.1) is 5.92 Å². The summed E-state index contributed by atoms with van der Waals surface area (Å²) >= 11 is 0. The average molecular weight is 464 g/mol. The molecule has 1 aliphatic rings. The minimum absolute atomic E-state index is 0.357. The van der Waals surface area contributed by atoms with Gasteiger partial charge in [0.25, 0.3) is 0 Å². The molecule has 0 aromatic heterocycles. The van der Waals surface area contributed by atoms with Gasteiger partial charge in [0.1, 0.15) is 0 Å². The minimum atomic E-state index is 0.357. The van der Waals surface area contributed by atoms with Crippen molar-refractivity contribution in [3.05, 3.63) is 0 Å². The number of nitrogens with zero attached hydrogens (tertiary/aromatic N) is 1. The predicted octanol–water partition coefficient (Wildman–Crippen LogP) is 11.1. The van der Waals surface area contributed by atoms with Crippen LogP contribution in [0.15, 0.2) is 0 Å². The highest BCUT2D eigenvalue weighted by atomic mass is 15.2. The van der Waals surface area contributed by atoms with Crippen molar-refractivity contribution in [2.45, 2.75) is 193 Å². The Balaban J connectivity index is 1.82. The lowest BCUT2D eigenvalue weighted by atomic mass is 9.71. The smallest absolute Gasteiger partial charge is 0.0183 e. The van der Waals surface area contributed by atoms with Gasteiger partial charge in [-0.2, -0.15) is 0 Å². The van der Waals surface area contributed by atoms with Crippen LogP contribution in [0.25, 0.3) is 0 Å². The quantitative estimate of drug-likeness (QED) is 0.153. The van der Waals surface area contributed by atoms with E-state index in [0.717, 1.165) is 5.92 Å². The summed E-state index contributed by atoms with van der Waals surface area (Å²) in [6.07, 6.45) is 33.6. The molecule has 0 bridgehead atoms. The van der Waals surface area contributed by atoms with Crippen LogP contribution in [0.3, 0.4) is 0 Å². The monoisotopic (exact) mass is 464 g/mol. The van der Waals surface area contributed by atoms with Crippen LogP contribution in [0.2, 0.25) is 0 Å². The maximum Gasteiger partial charge on any atom is 0.0183 e. The Morgan fingerprint density at radius 2 is 0.879 bits per heavy atom. The zero-order chi connectivity index (χ0) is 24.4. The van der Waals surface area contributed by atoms with Gasteiger partial charge < -0.3 is 0 Å². The molecule has 198 valence electrons. The standard InChI is InChI=1S/C32H65N/c1-7-8-9-10-11-12-13-14-15-16-17-18-19-20-21-22-23-24-25-26-27-30-28-29-31(2,3)33(6)32(30,4)5/h30H,7-29H2,1-6H3. The van der Waals surface area contributed by atoms with E-state index in [2.05, 4.69) is 46.6 Å². The molecule has 0 saturated carbocycles. The number of piperidine rings is 1. The molecular formula is C32H65N. The molecule has 0 aromatic rings. The highest BCUT2D eigenvalue weighted by Crippen LogP contribution is 2.42. The van der Waals surface area contributed by atoms with Crippen LogP contribution < -0.4 is 0 Å². The molecule has 1 fully saturated rings. The maximum atomic E-state index is 2.66. The van der Waals surface area contributed by atoms with E-state index < -0.39 is 0 Å². The van der Waals surface area contributed by atoms with Gasteiger partial charge in [0.2, 0.25) is 0 Å². The van der Waals surface area contributed by atoms with Gasteiger partial charge in [-0.3, -0.25) is 4.90 Å². The molecule has 0 amide bonds. The molecule has 0 aliphatic carbocycles. The summed E-state index contributed by atoms with van der Waals surface area (Å²) in [4.78, 5) is 2.66. The zero-order valence-corrected chi connectivity index (χ0v) is 24.3. The van der Waals surface area contributed by atoms with Gasteiger partial charge in [-0.15, -0.1) is 0 Å². The first-order valence-corrected chi connectivity index (χ1v) is 15.6. The molecule has 1 unspecified atom stereocenters. The van der Waals surface area contributed by atoms with Crippen molar-refractivity contribution in [1.29, 1.82) is 0 Å². The summed E-state index contributed by atoms with van der Waals surface area (Å²) in [5, 5.41) is 0.